The number of rotatable bonds is 7. The van der Waals surface area contributed by atoms with Crippen LogP contribution in [0.1, 0.15) is 45.1 Å². The van der Waals surface area contributed by atoms with Crippen molar-refractivity contribution in [3.8, 4) is 0 Å². The molecule has 1 amide bonds. The van der Waals surface area contributed by atoms with Gasteiger partial charge in [0.05, 0.1) is 6.04 Å². The average molecular weight is 288 g/mol. The van der Waals surface area contributed by atoms with Gasteiger partial charge in [-0.05, 0) is 51.1 Å². The Hall–Kier alpha value is -1.35. The van der Waals surface area contributed by atoms with Crippen LogP contribution in [0.5, 0.6) is 0 Å². The molecule has 2 unspecified atom stereocenters. The smallest absolute Gasteiger partial charge is 0.239 e. The fourth-order valence-electron chi connectivity index (χ4n) is 3.02. The van der Waals surface area contributed by atoms with Crippen molar-refractivity contribution in [2.45, 2.75) is 58.0 Å². The van der Waals surface area contributed by atoms with E-state index in [1.165, 1.54) is 5.56 Å². The van der Waals surface area contributed by atoms with Crippen LogP contribution in [0.2, 0.25) is 0 Å². The van der Waals surface area contributed by atoms with E-state index in [1.54, 1.807) is 0 Å². The molecule has 0 aromatic heterocycles. The van der Waals surface area contributed by atoms with E-state index >= 15 is 0 Å². The maximum absolute atomic E-state index is 12.5. The normalized spacial score (nSPS) is 20.6. The second kappa shape index (κ2) is 8.18. The van der Waals surface area contributed by atoms with Gasteiger partial charge >= 0.3 is 0 Å². The van der Waals surface area contributed by atoms with E-state index in [0.29, 0.717) is 11.9 Å². The summed E-state index contributed by atoms with van der Waals surface area (Å²) in [6.45, 7) is 6.17. The SMILES string of the molecule is CCCNC1CCCN(C(C)CCc2ccccc2)C1=O. The maximum Gasteiger partial charge on any atom is 0.239 e. The number of hydrogen-bond donors (Lipinski definition) is 1. The summed E-state index contributed by atoms with van der Waals surface area (Å²) in [4.78, 5) is 14.6. The summed E-state index contributed by atoms with van der Waals surface area (Å²) in [5.41, 5.74) is 1.36. The lowest BCUT2D eigenvalue weighted by atomic mass is 9.99. The Morgan fingerprint density at radius 1 is 1.33 bits per heavy atom. The van der Waals surface area contributed by atoms with Gasteiger partial charge in [0, 0.05) is 12.6 Å². The van der Waals surface area contributed by atoms with Crippen molar-refractivity contribution in [1.82, 2.24) is 10.2 Å². The molecule has 3 heteroatoms. The molecule has 0 spiro atoms. The average Bonchev–Trinajstić information content (AvgIpc) is 2.52. The van der Waals surface area contributed by atoms with Gasteiger partial charge in [0.25, 0.3) is 0 Å². The van der Waals surface area contributed by atoms with Gasteiger partial charge in [-0.2, -0.15) is 0 Å². The molecule has 1 saturated heterocycles. The fourth-order valence-corrected chi connectivity index (χ4v) is 3.02. The molecule has 1 aliphatic heterocycles. The molecule has 1 aromatic rings. The van der Waals surface area contributed by atoms with E-state index in [1.807, 2.05) is 6.07 Å². The summed E-state index contributed by atoms with van der Waals surface area (Å²) in [6, 6.07) is 10.9. The molecule has 21 heavy (non-hydrogen) atoms. The van der Waals surface area contributed by atoms with E-state index < -0.39 is 0 Å². The predicted molar refractivity (Wildman–Crippen MR) is 87.3 cm³/mol. The zero-order valence-corrected chi connectivity index (χ0v) is 13.3. The van der Waals surface area contributed by atoms with Crippen LogP contribution >= 0.6 is 0 Å². The number of hydrogen-bond acceptors (Lipinski definition) is 2. The van der Waals surface area contributed by atoms with Crippen LogP contribution in [0, 0.1) is 0 Å². The van der Waals surface area contributed by atoms with Crippen molar-refractivity contribution in [1.29, 1.82) is 0 Å². The van der Waals surface area contributed by atoms with Gasteiger partial charge < -0.3 is 10.2 Å². The topological polar surface area (TPSA) is 32.3 Å². The number of benzene rings is 1. The molecule has 1 N–H and O–H groups in total. The van der Waals surface area contributed by atoms with E-state index in [4.69, 9.17) is 0 Å². The Kier molecular flexibility index (Phi) is 6.24. The monoisotopic (exact) mass is 288 g/mol. The van der Waals surface area contributed by atoms with E-state index in [9.17, 15) is 4.79 Å². The van der Waals surface area contributed by atoms with Crippen LogP contribution in [0.15, 0.2) is 30.3 Å². The molecule has 1 heterocycles. The number of nitrogens with one attached hydrogen (secondary N) is 1. The first-order valence-corrected chi connectivity index (χ1v) is 8.30. The molecule has 0 aliphatic carbocycles. The second-order valence-corrected chi connectivity index (χ2v) is 6.05. The molecular weight excluding hydrogens is 260 g/mol. The quantitative estimate of drug-likeness (QED) is 0.836. The van der Waals surface area contributed by atoms with Crippen molar-refractivity contribution >= 4 is 5.91 Å². The van der Waals surface area contributed by atoms with Gasteiger partial charge in [-0.3, -0.25) is 4.79 Å². The Balaban J connectivity index is 1.86. The first kappa shape index (κ1) is 16.0. The molecule has 0 radical (unpaired) electrons. The van der Waals surface area contributed by atoms with Crippen LogP contribution in [0.25, 0.3) is 0 Å². The Morgan fingerprint density at radius 2 is 2.10 bits per heavy atom. The number of likely N-dealkylation sites (tertiary alicyclic amines) is 1. The van der Waals surface area contributed by atoms with Gasteiger partial charge in [0.1, 0.15) is 0 Å². The molecule has 2 atom stereocenters. The lowest BCUT2D eigenvalue weighted by molar-refractivity contribution is -0.138. The molecule has 3 nitrogen and oxygen atoms in total. The van der Waals surface area contributed by atoms with Crippen molar-refractivity contribution in [2.75, 3.05) is 13.1 Å². The minimum Gasteiger partial charge on any atom is -0.339 e. The number of piperidine rings is 1. The third-order valence-electron chi connectivity index (χ3n) is 4.34. The number of carbonyl (C=O) groups is 1. The Bertz CT molecular complexity index is 432. The third-order valence-corrected chi connectivity index (χ3v) is 4.34. The first-order chi connectivity index (χ1) is 10.2. The minimum atomic E-state index is 0.0397. The molecular formula is C18H28N2O. The highest BCUT2D eigenvalue weighted by Gasteiger charge is 2.30. The number of nitrogens with zero attached hydrogens (tertiary/aromatic N) is 1. The molecule has 1 fully saturated rings. The first-order valence-electron chi connectivity index (χ1n) is 8.30. The Morgan fingerprint density at radius 3 is 2.81 bits per heavy atom. The fraction of sp³-hybridized carbons (Fsp3) is 0.611. The number of carbonyl (C=O) groups excluding carboxylic acids is 1. The van der Waals surface area contributed by atoms with E-state index in [-0.39, 0.29) is 6.04 Å². The summed E-state index contributed by atoms with van der Waals surface area (Å²) in [5.74, 6) is 0.301. The minimum absolute atomic E-state index is 0.0397. The maximum atomic E-state index is 12.5. The lowest BCUT2D eigenvalue weighted by Crippen LogP contribution is -2.53. The summed E-state index contributed by atoms with van der Waals surface area (Å²) in [7, 11) is 0. The van der Waals surface area contributed by atoms with Crippen LogP contribution in [-0.4, -0.2) is 36.0 Å². The van der Waals surface area contributed by atoms with Crippen LogP contribution in [0.4, 0.5) is 0 Å². The predicted octanol–water partition coefficient (Wildman–Crippen LogP) is 3.00. The largest absolute Gasteiger partial charge is 0.339 e. The van der Waals surface area contributed by atoms with Crippen LogP contribution < -0.4 is 5.32 Å². The highest BCUT2D eigenvalue weighted by atomic mass is 16.2. The van der Waals surface area contributed by atoms with Crippen molar-refractivity contribution in [2.24, 2.45) is 0 Å². The summed E-state index contributed by atoms with van der Waals surface area (Å²) < 4.78 is 0. The molecule has 0 bridgehead atoms. The molecule has 116 valence electrons. The highest BCUT2D eigenvalue weighted by Crippen LogP contribution is 2.18. The number of aryl methyl sites for hydroxylation is 1. The molecule has 1 aromatic carbocycles. The van der Waals surface area contributed by atoms with Gasteiger partial charge in [-0.25, -0.2) is 0 Å². The summed E-state index contributed by atoms with van der Waals surface area (Å²) in [6.07, 6.45) is 5.26. The lowest BCUT2D eigenvalue weighted by Gasteiger charge is -2.37. The van der Waals surface area contributed by atoms with E-state index in [2.05, 4.69) is 48.3 Å². The van der Waals surface area contributed by atoms with Gasteiger partial charge in [0.2, 0.25) is 5.91 Å². The zero-order valence-electron chi connectivity index (χ0n) is 13.3. The zero-order chi connectivity index (χ0) is 15.1. The Labute approximate surface area is 128 Å². The summed E-state index contributed by atoms with van der Waals surface area (Å²) in [5, 5.41) is 3.39. The highest BCUT2D eigenvalue weighted by molar-refractivity contribution is 5.82. The molecule has 2 rings (SSSR count). The van der Waals surface area contributed by atoms with Gasteiger partial charge in [0.15, 0.2) is 0 Å². The summed E-state index contributed by atoms with van der Waals surface area (Å²) >= 11 is 0. The molecule has 0 saturated carbocycles. The van der Waals surface area contributed by atoms with Gasteiger partial charge in [-0.1, -0.05) is 37.3 Å². The van der Waals surface area contributed by atoms with Crippen molar-refractivity contribution in [3.63, 3.8) is 0 Å². The second-order valence-electron chi connectivity index (χ2n) is 6.05. The van der Waals surface area contributed by atoms with Crippen LogP contribution in [0.3, 0.4) is 0 Å². The van der Waals surface area contributed by atoms with Crippen LogP contribution in [-0.2, 0) is 11.2 Å². The van der Waals surface area contributed by atoms with E-state index in [0.717, 1.165) is 45.2 Å². The molecule has 1 aliphatic rings. The standard InChI is InChI=1S/C18H28N2O/c1-3-13-19-17-10-7-14-20(18(17)21)15(2)11-12-16-8-5-4-6-9-16/h4-6,8-9,15,17,19H,3,7,10-14H2,1-2H3. The van der Waals surface area contributed by atoms with Crippen molar-refractivity contribution in [3.05, 3.63) is 35.9 Å². The van der Waals surface area contributed by atoms with Crippen molar-refractivity contribution < 1.29 is 4.79 Å². The number of amides is 1. The third kappa shape index (κ3) is 4.57. The van der Waals surface area contributed by atoms with Gasteiger partial charge in [-0.15, -0.1) is 0 Å².